The first kappa shape index (κ1) is 16.2. The Morgan fingerprint density at radius 3 is 1.61 bits per heavy atom. The number of rotatable bonds is 1. The van der Waals surface area contributed by atoms with Gasteiger partial charge in [0.2, 0.25) is 0 Å². The van der Waals surface area contributed by atoms with Gasteiger partial charge in [-0.2, -0.15) is 0 Å². The summed E-state index contributed by atoms with van der Waals surface area (Å²) in [5.74, 6) is 0. The highest BCUT2D eigenvalue weighted by Crippen LogP contribution is 2.18. The third kappa shape index (κ3) is 6.05. The summed E-state index contributed by atoms with van der Waals surface area (Å²) in [4.78, 5) is 0. The molecule has 0 bridgehead atoms. The maximum absolute atomic E-state index is 3.36. The van der Waals surface area contributed by atoms with Gasteiger partial charge in [0.1, 0.15) is 0 Å². The molecule has 2 rings (SSSR count). The second kappa shape index (κ2) is 10.3. The van der Waals surface area contributed by atoms with Crippen molar-refractivity contribution in [3.8, 4) is 11.1 Å². The highest BCUT2D eigenvalue weighted by molar-refractivity contribution is 5.63. The molecule has 2 aromatic rings. The number of benzene rings is 2. The largest absolute Gasteiger partial charge is 0.103 e. The molecule has 0 saturated carbocycles. The highest BCUT2D eigenvalue weighted by atomic mass is 14.0. The van der Waals surface area contributed by atoms with Gasteiger partial charge in [-0.05, 0) is 25.0 Å². The van der Waals surface area contributed by atoms with E-state index in [1.165, 1.54) is 16.7 Å². The van der Waals surface area contributed by atoms with Crippen molar-refractivity contribution in [3.63, 3.8) is 0 Å². The van der Waals surface area contributed by atoms with Crippen molar-refractivity contribution < 1.29 is 0 Å². The van der Waals surface area contributed by atoms with Crippen molar-refractivity contribution in [2.45, 2.75) is 27.7 Å². The van der Waals surface area contributed by atoms with Crippen LogP contribution < -0.4 is 0 Å². The van der Waals surface area contributed by atoms with Gasteiger partial charge in [0.25, 0.3) is 0 Å². The van der Waals surface area contributed by atoms with Crippen molar-refractivity contribution >= 4 is 0 Å². The minimum atomic E-state index is 1.28. The van der Waals surface area contributed by atoms with Crippen molar-refractivity contribution in [2.24, 2.45) is 0 Å². The normalized spacial score (nSPS) is 8.22. The summed E-state index contributed by atoms with van der Waals surface area (Å²) in [5, 5.41) is 0. The second-order valence-corrected chi connectivity index (χ2v) is 3.64. The molecule has 0 atom stereocenters. The van der Waals surface area contributed by atoms with Crippen LogP contribution >= 0.6 is 0 Å². The summed E-state index contributed by atoms with van der Waals surface area (Å²) < 4.78 is 0. The Morgan fingerprint density at radius 1 is 0.778 bits per heavy atom. The van der Waals surface area contributed by atoms with Gasteiger partial charge in [-0.15, -0.1) is 6.58 Å². The van der Waals surface area contributed by atoms with Crippen LogP contribution in [0.1, 0.15) is 26.3 Å². The maximum Gasteiger partial charge on any atom is -0.0184 e. The summed E-state index contributed by atoms with van der Waals surface area (Å²) in [6, 6.07) is 19.0. The number of hydrogen-bond acceptors (Lipinski definition) is 0. The molecule has 0 aromatic heterocycles. The monoisotopic (exact) mass is 240 g/mol. The molecule has 0 heterocycles. The van der Waals surface area contributed by atoms with Crippen molar-refractivity contribution in [1.29, 1.82) is 0 Å². The summed E-state index contributed by atoms with van der Waals surface area (Å²) >= 11 is 0. The predicted molar refractivity (Wildman–Crippen MR) is 83.8 cm³/mol. The van der Waals surface area contributed by atoms with Gasteiger partial charge in [-0.3, -0.25) is 0 Å². The summed E-state index contributed by atoms with van der Waals surface area (Å²) in [6.07, 6.45) is 1.75. The molecule has 0 aliphatic rings. The number of aryl methyl sites for hydroxylation is 1. The first-order chi connectivity index (χ1) is 8.77. The standard InChI is InChI=1S/C13H12.C3H6.C2H6/c1-11-7-9-13(10-8-11)12-5-3-2-4-6-12;1-3-2;1-2/h2-10H,1H3;3H,1H2,2H3;1-2H3. The van der Waals surface area contributed by atoms with Crippen molar-refractivity contribution in [1.82, 2.24) is 0 Å². The maximum atomic E-state index is 3.36. The van der Waals surface area contributed by atoms with E-state index in [2.05, 4.69) is 62.0 Å². The van der Waals surface area contributed by atoms with E-state index >= 15 is 0 Å². The molecular weight excluding hydrogens is 216 g/mol. The molecule has 0 amide bonds. The van der Waals surface area contributed by atoms with E-state index in [0.29, 0.717) is 0 Å². The molecule has 0 spiro atoms. The lowest BCUT2D eigenvalue weighted by Gasteiger charge is -2.00. The average Bonchev–Trinajstić information content (AvgIpc) is 2.44. The summed E-state index contributed by atoms with van der Waals surface area (Å²) in [5.41, 5.74) is 3.87. The van der Waals surface area contributed by atoms with E-state index in [0.717, 1.165) is 0 Å². The van der Waals surface area contributed by atoms with E-state index in [4.69, 9.17) is 0 Å². The third-order valence-electron chi connectivity index (χ3n) is 2.16. The predicted octanol–water partition coefficient (Wildman–Crippen LogP) is 5.88. The van der Waals surface area contributed by atoms with Crippen LogP contribution in [-0.2, 0) is 0 Å². The molecule has 96 valence electrons. The lowest BCUT2D eigenvalue weighted by atomic mass is 10.0. The quantitative estimate of drug-likeness (QED) is 0.546. The van der Waals surface area contributed by atoms with Crippen LogP contribution in [0.15, 0.2) is 67.3 Å². The Morgan fingerprint density at radius 2 is 1.17 bits per heavy atom. The van der Waals surface area contributed by atoms with Crippen LogP contribution in [0.25, 0.3) is 11.1 Å². The molecule has 0 fully saturated rings. The van der Waals surface area contributed by atoms with Crippen LogP contribution in [-0.4, -0.2) is 0 Å². The fourth-order valence-electron chi connectivity index (χ4n) is 1.38. The Balaban J connectivity index is 0.000000509. The summed E-state index contributed by atoms with van der Waals surface area (Å²) in [6.45, 7) is 11.4. The van der Waals surface area contributed by atoms with Gasteiger partial charge in [0, 0.05) is 0 Å². The molecule has 0 saturated heterocycles. The molecule has 0 radical (unpaired) electrons. The van der Waals surface area contributed by atoms with Gasteiger partial charge in [0.15, 0.2) is 0 Å². The Bertz CT molecular complexity index is 410. The molecule has 0 aliphatic carbocycles. The third-order valence-corrected chi connectivity index (χ3v) is 2.16. The van der Waals surface area contributed by atoms with E-state index < -0.39 is 0 Å². The second-order valence-electron chi connectivity index (χ2n) is 3.64. The van der Waals surface area contributed by atoms with Crippen molar-refractivity contribution in [3.05, 3.63) is 72.8 Å². The van der Waals surface area contributed by atoms with Crippen LogP contribution in [0.3, 0.4) is 0 Å². The van der Waals surface area contributed by atoms with Gasteiger partial charge in [0.05, 0.1) is 0 Å². The lowest BCUT2D eigenvalue weighted by molar-refractivity contribution is 1.47. The molecule has 0 nitrogen and oxygen atoms in total. The minimum absolute atomic E-state index is 1.28. The Labute approximate surface area is 112 Å². The zero-order valence-corrected chi connectivity index (χ0v) is 12.0. The molecule has 18 heavy (non-hydrogen) atoms. The molecular formula is C18H24. The van der Waals surface area contributed by atoms with Gasteiger partial charge < -0.3 is 0 Å². The van der Waals surface area contributed by atoms with Gasteiger partial charge >= 0.3 is 0 Å². The molecule has 0 heteroatoms. The minimum Gasteiger partial charge on any atom is -0.103 e. The number of hydrogen-bond donors (Lipinski definition) is 0. The topological polar surface area (TPSA) is 0 Å². The lowest BCUT2D eigenvalue weighted by Crippen LogP contribution is -1.76. The zero-order chi connectivity index (χ0) is 13.8. The van der Waals surface area contributed by atoms with Gasteiger partial charge in [-0.1, -0.05) is 80.1 Å². The zero-order valence-electron chi connectivity index (χ0n) is 12.0. The van der Waals surface area contributed by atoms with E-state index in [1.807, 2.05) is 26.8 Å². The van der Waals surface area contributed by atoms with Crippen LogP contribution in [0.2, 0.25) is 0 Å². The summed E-state index contributed by atoms with van der Waals surface area (Å²) in [7, 11) is 0. The molecule has 0 unspecified atom stereocenters. The highest BCUT2D eigenvalue weighted by Gasteiger charge is 1.93. The fourth-order valence-corrected chi connectivity index (χ4v) is 1.38. The van der Waals surface area contributed by atoms with E-state index in [1.54, 1.807) is 6.08 Å². The Kier molecular flexibility index (Phi) is 9.30. The van der Waals surface area contributed by atoms with E-state index in [9.17, 15) is 0 Å². The average molecular weight is 240 g/mol. The van der Waals surface area contributed by atoms with Crippen LogP contribution in [0.5, 0.6) is 0 Å². The SMILES string of the molecule is C=CC.CC.Cc1ccc(-c2ccccc2)cc1. The Hall–Kier alpha value is -1.82. The number of allylic oxidation sites excluding steroid dienone is 1. The smallest absolute Gasteiger partial charge is 0.0184 e. The molecule has 0 N–H and O–H groups in total. The molecule has 2 aromatic carbocycles. The first-order valence-electron chi connectivity index (χ1n) is 6.47. The van der Waals surface area contributed by atoms with E-state index in [-0.39, 0.29) is 0 Å². The fraction of sp³-hybridized carbons (Fsp3) is 0.222. The van der Waals surface area contributed by atoms with Crippen molar-refractivity contribution in [2.75, 3.05) is 0 Å². The first-order valence-corrected chi connectivity index (χ1v) is 6.47. The van der Waals surface area contributed by atoms with Gasteiger partial charge in [-0.25, -0.2) is 0 Å². The van der Waals surface area contributed by atoms with Crippen LogP contribution in [0.4, 0.5) is 0 Å². The van der Waals surface area contributed by atoms with Crippen LogP contribution in [0, 0.1) is 6.92 Å². The molecule has 0 aliphatic heterocycles.